The molecule has 0 bridgehead atoms. The molecule has 8 heteroatoms. The third-order valence-corrected chi connectivity index (χ3v) is 2.80. The van der Waals surface area contributed by atoms with Crippen LogP contribution in [0.5, 0.6) is 0 Å². The van der Waals surface area contributed by atoms with Gasteiger partial charge in [-0.15, -0.1) is 0 Å². The summed E-state index contributed by atoms with van der Waals surface area (Å²) in [6.45, 7) is -0.808. The van der Waals surface area contributed by atoms with Crippen LogP contribution in [0.4, 0.5) is 8.78 Å². The number of amides is 1. The number of ketones is 2. The van der Waals surface area contributed by atoms with Crippen molar-refractivity contribution in [3.05, 3.63) is 34.9 Å². The zero-order valence-electron chi connectivity index (χ0n) is 9.78. The summed E-state index contributed by atoms with van der Waals surface area (Å²) in [7, 11) is 0. The zero-order valence-corrected chi connectivity index (χ0v) is 9.78. The predicted molar refractivity (Wildman–Crippen MR) is 59.2 cm³/mol. The Morgan fingerprint density at radius 1 is 1.10 bits per heavy atom. The number of fused-ring (bicyclic) bond motifs is 1. The molecule has 2 rings (SSSR count). The first-order chi connectivity index (χ1) is 9.34. The van der Waals surface area contributed by atoms with Crippen molar-refractivity contribution < 1.29 is 33.1 Å². The van der Waals surface area contributed by atoms with E-state index in [1.807, 2.05) is 5.32 Å². The lowest BCUT2D eigenvalue weighted by Crippen LogP contribution is -2.39. The van der Waals surface area contributed by atoms with Gasteiger partial charge in [-0.1, -0.05) is 0 Å². The Hall–Kier alpha value is -2.64. The van der Waals surface area contributed by atoms with Gasteiger partial charge in [0.15, 0.2) is 17.5 Å². The molecular formula is C12H7F2NO5. The molecule has 20 heavy (non-hydrogen) atoms. The van der Waals surface area contributed by atoms with E-state index in [0.717, 1.165) is 0 Å². The maximum absolute atomic E-state index is 13.5. The first-order valence-electron chi connectivity index (χ1n) is 5.40. The van der Waals surface area contributed by atoms with Gasteiger partial charge < -0.3 is 10.4 Å². The minimum atomic E-state index is -1.95. The molecule has 1 aromatic rings. The minimum Gasteiger partial charge on any atom is -0.480 e. The third kappa shape index (κ3) is 2.04. The summed E-state index contributed by atoms with van der Waals surface area (Å²) in [6.07, 6.45) is 0. The van der Waals surface area contributed by atoms with Gasteiger partial charge >= 0.3 is 5.97 Å². The number of carbonyl (C=O) groups is 4. The molecular weight excluding hydrogens is 276 g/mol. The molecule has 0 spiro atoms. The number of Topliss-reactive ketones (excluding diaryl/α,β-unsaturated/α-hetero) is 2. The van der Waals surface area contributed by atoms with E-state index in [1.54, 1.807) is 0 Å². The van der Waals surface area contributed by atoms with E-state index in [-0.39, 0.29) is 0 Å². The van der Waals surface area contributed by atoms with Crippen LogP contribution in [0.15, 0.2) is 12.1 Å². The lowest BCUT2D eigenvalue weighted by atomic mass is 10.0. The van der Waals surface area contributed by atoms with E-state index in [0.29, 0.717) is 12.1 Å². The molecule has 0 atom stereocenters. The number of rotatable bonds is 3. The third-order valence-electron chi connectivity index (χ3n) is 2.80. The summed E-state index contributed by atoms with van der Waals surface area (Å²) in [4.78, 5) is 45.6. The average molecular weight is 283 g/mol. The standard InChI is InChI=1S/C12H7F2NO5/c13-4-1-2-5(14)8-7(4)10(18)9(11(8)19)12(20)15-3-6(16)17/h1-2,9H,3H2,(H,15,20)(H,16,17). The summed E-state index contributed by atoms with van der Waals surface area (Å²) in [5.74, 6) is -9.09. The Bertz CT molecular complexity index is 614. The lowest BCUT2D eigenvalue weighted by molar-refractivity contribution is -0.138. The second-order valence-corrected chi connectivity index (χ2v) is 4.05. The van der Waals surface area contributed by atoms with Gasteiger partial charge in [-0.05, 0) is 12.1 Å². The van der Waals surface area contributed by atoms with Crippen molar-refractivity contribution in [1.29, 1.82) is 0 Å². The van der Waals surface area contributed by atoms with E-state index in [4.69, 9.17) is 5.11 Å². The molecule has 0 heterocycles. The zero-order chi connectivity index (χ0) is 15.0. The normalized spacial score (nSPS) is 14.3. The van der Waals surface area contributed by atoms with Crippen LogP contribution in [0, 0.1) is 17.6 Å². The molecule has 1 aliphatic rings. The molecule has 0 aliphatic heterocycles. The maximum Gasteiger partial charge on any atom is 0.322 e. The van der Waals surface area contributed by atoms with Crippen LogP contribution in [0.25, 0.3) is 0 Å². The monoisotopic (exact) mass is 283 g/mol. The van der Waals surface area contributed by atoms with Crippen LogP contribution in [0.3, 0.4) is 0 Å². The van der Waals surface area contributed by atoms with Crippen molar-refractivity contribution in [3.8, 4) is 0 Å². The Balaban J connectivity index is 2.38. The quantitative estimate of drug-likeness (QED) is 0.770. The molecule has 0 fully saturated rings. The van der Waals surface area contributed by atoms with E-state index >= 15 is 0 Å². The van der Waals surface area contributed by atoms with Crippen molar-refractivity contribution in [2.24, 2.45) is 5.92 Å². The Kier molecular flexibility index (Phi) is 3.31. The topological polar surface area (TPSA) is 101 Å². The largest absolute Gasteiger partial charge is 0.480 e. The number of carboxylic acid groups (broad SMARTS) is 1. The van der Waals surface area contributed by atoms with Crippen LogP contribution < -0.4 is 5.32 Å². The van der Waals surface area contributed by atoms with Crippen LogP contribution in [0.2, 0.25) is 0 Å². The highest BCUT2D eigenvalue weighted by Gasteiger charge is 2.46. The highest BCUT2D eigenvalue weighted by Crippen LogP contribution is 2.31. The molecule has 1 amide bonds. The van der Waals surface area contributed by atoms with Crippen molar-refractivity contribution >= 4 is 23.4 Å². The molecule has 2 N–H and O–H groups in total. The fourth-order valence-corrected chi connectivity index (χ4v) is 1.94. The summed E-state index contributed by atoms with van der Waals surface area (Å²) < 4.78 is 27.0. The number of hydrogen-bond donors (Lipinski definition) is 2. The summed E-state index contributed by atoms with van der Waals surface area (Å²) in [6, 6.07) is 1.35. The Morgan fingerprint density at radius 2 is 1.55 bits per heavy atom. The predicted octanol–water partition coefficient (Wildman–Crippen LogP) is 0.161. The van der Waals surface area contributed by atoms with Gasteiger partial charge in [-0.3, -0.25) is 19.2 Å². The molecule has 0 saturated carbocycles. The Labute approximate surface area is 110 Å². The van der Waals surface area contributed by atoms with Gasteiger partial charge in [-0.2, -0.15) is 0 Å². The minimum absolute atomic E-state index is 0.677. The molecule has 0 saturated heterocycles. The van der Waals surface area contributed by atoms with E-state index < -0.39 is 58.7 Å². The average Bonchev–Trinajstić information content (AvgIpc) is 2.64. The highest BCUT2D eigenvalue weighted by atomic mass is 19.1. The molecule has 0 unspecified atom stereocenters. The first-order valence-corrected chi connectivity index (χ1v) is 5.40. The fourth-order valence-electron chi connectivity index (χ4n) is 1.94. The number of carbonyl (C=O) groups excluding carboxylic acids is 3. The van der Waals surface area contributed by atoms with Crippen molar-refractivity contribution in [2.45, 2.75) is 0 Å². The van der Waals surface area contributed by atoms with Gasteiger partial charge in [0, 0.05) is 0 Å². The van der Waals surface area contributed by atoms with Crippen molar-refractivity contribution in [2.75, 3.05) is 6.54 Å². The summed E-state index contributed by atoms with van der Waals surface area (Å²) in [5.41, 5.74) is -1.55. The number of benzene rings is 1. The second kappa shape index (κ2) is 4.80. The van der Waals surface area contributed by atoms with E-state index in [1.165, 1.54) is 0 Å². The smallest absolute Gasteiger partial charge is 0.322 e. The van der Waals surface area contributed by atoms with Crippen molar-refractivity contribution in [3.63, 3.8) is 0 Å². The number of hydrogen-bond acceptors (Lipinski definition) is 4. The second-order valence-electron chi connectivity index (χ2n) is 4.05. The molecule has 0 radical (unpaired) electrons. The number of aliphatic carboxylic acids is 1. The molecule has 1 aromatic carbocycles. The fraction of sp³-hybridized carbons (Fsp3) is 0.167. The number of nitrogens with one attached hydrogen (secondary N) is 1. The van der Waals surface area contributed by atoms with Gasteiger partial charge in [-0.25, -0.2) is 8.78 Å². The van der Waals surface area contributed by atoms with E-state index in [9.17, 15) is 28.0 Å². The van der Waals surface area contributed by atoms with Crippen molar-refractivity contribution in [1.82, 2.24) is 5.32 Å². The van der Waals surface area contributed by atoms with E-state index in [2.05, 4.69) is 0 Å². The van der Waals surface area contributed by atoms with Crippen LogP contribution in [0.1, 0.15) is 20.7 Å². The lowest BCUT2D eigenvalue weighted by Gasteiger charge is -2.06. The summed E-state index contributed by atoms with van der Waals surface area (Å²) >= 11 is 0. The first kappa shape index (κ1) is 13.8. The van der Waals surface area contributed by atoms with Gasteiger partial charge in [0.25, 0.3) is 0 Å². The van der Waals surface area contributed by atoms with Gasteiger partial charge in [0.05, 0.1) is 11.1 Å². The Morgan fingerprint density at radius 3 is 1.95 bits per heavy atom. The molecule has 0 aromatic heterocycles. The maximum atomic E-state index is 13.5. The van der Waals surface area contributed by atoms with Gasteiger partial charge in [0.2, 0.25) is 5.91 Å². The van der Waals surface area contributed by atoms with Crippen LogP contribution >= 0.6 is 0 Å². The molecule has 1 aliphatic carbocycles. The SMILES string of the molecule is O=C(O)CNC(=O)C1C(=O)c2c(F)ccc(F)c2C1=O. The van der Waals surface area contributed by atoms with Gasteiger partial charge in [0.1, 0.15) is 18.2 Å². The van der Waals surface area contributed by atoms with Crippen LogP contribution in [-0.2, 0) is 9.59 Å². The summed E-state index contributed by atoms with van der Waals surface area (Å²) in [5, 5.41) is 10.2. The number of carboxylic acids is 1. The molecule has 104 valence electrons. The highest BCUT2D eigenvalue weighted by molar-refractivity contribution is 6.35. The van der Waals surface area contributed by atoms with Crippen LogP contribution in [-0.4, -0.2) is 35.1 Å². The number of halogens is 2. The molecule has 6 nitrogen and oxygen atoms in total.